The lowest BCUT2D eigenvalue weighted by Crippen LogP contribution is -2.18. The van der Waals surface area contributed by atoms with Crippen molar-refractivity contribution in [2.75, 3.05) is 0 Å². The monoisotopic (exact) mass is 285 g/mol. The van der Waals surface area contributed by atoms with Gasteiger partial charge in [0.25, 0.3) is 5.56 Å². The van der Waals surface area contributed by atoms with E-state index in [1.165, 1.54) is 17.4 Å². The molecule has 0 aliphatic heterocycles. The van der Waals surface area contributed by atoms with Crippen molar-refractivity contribution in [2.24, 2.45) is 0 Å². The average Bonchev–Trinajstić information content (AvgIpc) is 2.58. The van der Waals surface area contributed by atoms with Crippen molar-refractivity contribution in [3.63, 3.8) is 0 Å². The maximum absolute atomic E-state index is 11.5. The molecule has 0 fully saturated rings. The fourth-order valence-corrected chi connectivity index (χ4v) is 2.26. The minimum atomic E-state index is -0.0361. The van der Waals surface area contributed by atoms with Crippen LogP contribution in [0.5, 0.6) is 0 Å². The molecule has 6 heteroatoms. The van der Waals surface area contributed by atoms with Crippen LogP contribution < -0.4 is 5.56 Å². The van der Waals surface area contributed by atoms with Crippen molar-refractivity contribution < 1.29 is 0 Å². The normalized spacial score (nSPS) is 10.5. The molecule has 2 aromatic heterocycles. The third-order valence-corrected chi connectivity index (χ3v) is 3.11. The largest absolute Gasteiger partial charge is 0.307 e. The number of halogens is 1. The lowest BCUT2D eigenvalue weighted by molar-refractivity contribution is 0.740. The molecule has 2 heterocycles. The number of aryl methyl sites for hydroxylation is 1. The molecule has 0 unspecified atom stereocenters. The van der Waals surface area contributed by atoms with Gasteiger partial charge in [0.05, 0.1) is 6.54 Å². The van der Waals surface area contributed by atoms with Crippen LogP contribution in [0, 0.1) is 6.92 Å². The smallest absolute Gasteiger partial charge is 0.250 e. The Hall–Kier alpha value is -1.01. The molecule has 0 saturated carbocycles. The molecule has 0 bridgehead atoms. The molecule has 0 amide bonds. The molecule has 0 radical (unpaired) electrons. The first-order chi connectivity index (χ1) is 7.15. The Morgan fingerprint density at radius 2 is 2.27 bits per heavy atom. The van der Waals surface area contributed by atoms with E-state index in [1.807, 2.05) is 6.92 Å². The van der Waals surface area contributed by atoms with Crippen molar-refractivity contribution in [2.45, 2.75) is 13.5 Å². The molecule has 0 N–H and O–H groups in total. The zero-order valence-corrected chi connectivity index (χ0v) is 10.4. The fraction of sp³-hybridized carbons (Fsp3) is 0.222. The highest BCUT2D eigenvalue weighted by Crippen LogP contribution is 2.10. The Morgan fingerprint density at radius 3 is 2.93 bits per heavy atom. The molecule has 2 aromatic rings. The van der Waals surface area contributed by atoms with Gasteiger partial charge in [0.2, 0.25) is 0 Å². The minimum Gasteiger partial charge on any atom is -0.307 e. The molecule has 4 nitrogen and oxygen atoms in total. The van der Waals surface area contributed by atoms with Gasteiger partial charge < -0.3 is 4.57 Å². The highest BCUT2D eigenvalue weighted by Gasteiger charge is 2.03. The summed E-state index contributed by atoms with van der Waals surface area (Å²) in [7, 11) is 0. The first-order valence-corrected chi connectivity index (χ1v) is 5.91. The Morgan fingerprint density at radius 1 is 1.47 bits per heavy atom. The third-order valence-electron chi connectivity index (χ3n) is 1.82. The van der Waals surface area contributed by atoms with Gasteiger partial charge >= 0.3 is 0 Å². The SMILES string of the molecule is Cc1nnc(Cn2cc(Br)ccc2=O)s1. The number of rotatable bonds is 2. The summed E-state index contributed by atoms with van der Waals surface area (Å²) in [6.07, 6.45) is 1.75. The van der Waals surface area contributed by atoms with Crippen LogP contribution in [0.3, 0.4) is 0 Å². The summed E-state index contributed by atoms with van der Waals surface area (Å²) in [6, 6.07) is 3.25. The van der Waals surface area contributed by atoms with E-state index in [2.05, 4.69) is 26.1 Å². The number of hydrogen-bond acceptors (Lipinski definition) is 4. The highest BCUT2D eigenvalue weighted by molar-refractivity contribution is 9.10. The highest BCUT2D eigenvalue weighted by atomic mass is 79.9. The van der Waals surface area contributed by atoms with Gasteiger partial charge in [0.1, 0.15) is 10.0 Å². The van der Waals surface area contributed by atoms with Gasteiger partial charge in [-0.25, -0.2) is 0 Å². The van der Waals surface area contributed by atoms with Gasteiger partial charge in [-0.2, -0.15) is 0 Å². The molecule has 78 valence electrons. The second-order valence-electron chi connectivity index (χ2n) is 3.03. The Balaban J connectivity index is 2.31. The van der Waals surface area contributed by atoms with Gasteiger partial charge in [-0.1, -0.05) is 11.3 Å². The zero-order valence-electron chi connectivity index (χ0n) is 7.98. The molecular weight excluding hydrogens is 278 g/mol. The molecule has 15 heavy (non-hydrogen) atoms. The first-order valence-electron chi connectivity index (χ1n) is 4.30. The molecule has 0 aliphatic rings. The fourth-order valence-electron chi connectivity index (χ4n) is 1.17. The minimum absolute atomic E-state index is 0.0361. The standard InChI is InChI=1S/C9H8BrN3OS/c1-6-11-12-8(15-6)5-13-4-7(10)2-3-9(13)14/h2-4H,5H2,1H3. The van der Waals surface area contributed by atoms with Crippen molar-refractivity contribution in [3.8, 4) is 0 Å². The van der Waals surface area contributed by atoms with Crippen molar-refractivity contribution >= 4 is 27.3 Å². The summed E-state index contributed by atoms with van der Waals surface area (Å²) in [6.45, 7) is 2.37. The lowest BCUT2D eigenvalue weighted by atomic mass is 10.4. The van der Waals surface area contributed by atoms with Gasteiger partial charge in [-0.3, -0.25) is 4.79 Å². The van der Waals surface area contributed by atoms with Crippen LogP contribution in [-0.2, 0) is 6.54 Å². The molecule has 0 spiro atoms. The maximum atomic E-state index is 11.5. The Labute approximate surface area is 98.7 Å². The van der Waals surface area contributed by atoms with E-state index in [0.29, 0.717) is 6.54 Å². The van der Waals surface area contributed by atoms with E-state index >= 15 is 0 Å². The summed E-state index contributed by atoms with van der Waals surface area (Å²) in [5.41, 5.74) is -0.0361. The second kappa shape index (κ2) is 4.24. The molecule has 0 atom stereocenters. The van der Waals surface area contributed by atoms with Crippen LogP contribution in [0.2, 0.25) is 0 Å². The summed E-state index contributed by atoms with van der Waals surface area (Å²) >= 11 is 4.82. The Bertz CT molecular complexity index is 534. The molecular formula is C9H8BrN3OS. The van der Waals surface area contributed by atoms with Crippen molar-refractivity contribution in [3.05, 3.63) is 43.2 Å². The predicted molar refractivity (Wildman–Crippen MR) is 62.2 cm³/mol. The number of nitrogens with zero attached hydrogens (tertiary/aromatic N) is 3. The lowest BCUT2D eigenvalue weighted by Gasteiger charge is -2.01. The topological polar surface area (TPSA) is 47.8 Å². The molecule has 0 aromatic carbocycles. The van der Waals surface area contributed by atoms with E-state index in [1.54, 1.807) is 16.8 Å². The van der Waals surface area contributed by atoms with E-state index in [9.17, 15) is 4.79 Å². The van der Waals surface area contributed by atoms with Crippen LogP contribution >= 0.6 is 27.3 Å². The van der Waals surface area contributed by atoms with Crippen LogP contribution in [0.1, 0.15) is 10.0 Å². The molecule has 2 rings (SSSR count). The van der Waals surface area contributed by atoms with Crippen LogP contribution in [0.15, 0.2) is 27.6 Å². The van der Waals surface area contributed by atoms with E-state index in [-0.39, 0.29) is 5.56 Å². The van der Waals surface area contributed by atoms with Crippen molar-refractivity contribution in [1.82, 2.24) is 14.8 Å². The number of pyridine rings is 1. The van der Waals surface area contributed by atoms with Gasteiger partial charge in [0.15, 0.2) is 0 Å². The van der Waals surface area contributed by atoms with Crippen LogP contribution in [0.25, 0.3) is 0 Å². The summed E-state index contributed by atoms with van der Waals surface area (Å²) in [4.78, 5) is 11.5. The average molecular weight is 286 g/mol. The van der Waals surface area contributed by atoms with Crippen molar-refractivity contribution in [1.29, 1.82) is 0 Å². The van der Waals surface area contributed by atoms with Crippen LogP contribution in [-0.4, -0.2) is 14.8 Å². The van der Waals surface area contributed by atoms with Gasteiger partial charge in [0, 0.05) is 16.7 Å². The van der Waals surface area contributed by atoms with Gasteiger partial charge in [-0.05, 0) is 28.9 Å². The maximum Gasteiger partial charge on any atom is 0.250 e. The number of hydrogen-bond donors (Lipinski definition) is 0. The quantitative estimate of drug-likeness (QED) is 0.846. The van der Waals surface area contributed by atoms with E-state index in [4.69, 9.17) is 0 Å². The van der Waals surface area contributed by atoms with E-state index in [0.717, 1.165) is 14.5 Å². The van der Waals surface area contributed by atoms with E-state index < -0.39 is 0 Å². The first kappa shape index (κ1) is 10.5. The molecule has 0 saturated heterocycles. The van der Waals surface area contributed by atoms with Crippen LogP contribution in [0.4, 0.5) is 0 Å². The Kier molecular flexibility index (Phi) is 2.97. The summed E-state index contributed by atoms with van der Waals surface area (Å²) in [5, 5.41) is 9.63. The molecule has 0 aliphatic carbocycles. The summed E-state index contributed by atoms with van der Waals surface area (Å²) in [5.74, 6) is 0. The zero-order chi connectivity index (χ0) is 10.8. The second-order valence-corrected chi connectivity index (χ2v) is 5.21. The van der Waals surface area contributed by atoms with Gasteiger partial charge in [-0.15, -0.1) is 10.2 Å². The third kappa shape index (κ3) is 2.51. The predicted octanol–water partition coefficient (Wildman–Crippen LogP) is 1.82. The summed E-state index contributed by atoms with van der Waals surface area (Å²) < 4.78 is 2.48. The number of aromatic nitrogens is 3.